The van der Waals surface area contributed by atoms with Crippen LogP contribution in [0.1, 0.15) is 57.1 Å². The van der Waals surface area contributed by atoms with Crippen LogP contribution in [-0.4, -0.2) is 0 Å². The molecule has 0 heterocycles. The average molecular weight is 214 g/mol. The number of hydrogen-bond acceptors (Lipinski definition) is 0. The van der Waals surface area contributed by atoms with E-state index in [-0.39, 0.29) is 0 Å². The van der Waals surface area contributed by atoms with Crippen LogP contribution in [0.5, 0.6) is 0 Å². The van der Waals surface area contributed by atoms with E-state index in [0.717, 1.165) is 25.7 Å². The van der Waals surface area contributed by atoms with Crippen LogP contribution in [0.2, 0.25) is 0 Å². The van der Waals surface area contributed by atoms with Gasteiger partial charge in [0.25, 0.3) is 0 Å². The number of unbranched alkanes of at least 4 members (excludes halogenated alkanes) is 1. The van der Waals surface area contributed by atoms with Crippen molar-refractivity contribution in [3.05, 3.63) is 35.4 Å². The topological polar surface area (TPSA) is 0 Å². The molecule has 1 aromatic rings. The third kappa shape index (κ3) is 4.53. The minimum absolute atomic E-state index is 0.624. The number of aryl methyl sites for hydroxylation is 1. The second-order valence-corrected chi connectivity index (χ2v) is 4.50. The number of benzene rings is 1. The van der Waals surface area contributed by atoms with Gasteiger partial charge in [0, 0.05) is 12.8 Å². The van der Waals surface area contributed by atoms with E-state index >= 15 is 0 Å². The first-order chi connectivity index (χ1) is 7.74. The van der Waals surface area contributed by atoms with Crippen molar-refractivity contribution in [1.29, 1.82) is 0 Å². The summed E-state index contributed by atoms with van der Waals surface area (Å²) in [7, 11) is 0. The summed E-state index contributed by atoms with van der Waals surface area (Å²) in [5, 5.41) is 0. The van der Waals surface area contributed by atoms with Gasteiger partial charge in [0.05, 0.1) is 0 Å². The number of rotatable bonds is 4. The molecule has 0 bridgehead atoms. The summed E-state index contributed by atoms with van der Waals surface area (Å²) in [5.74, 6) is 7.03. The average Bonchev–Trinajstić information content (AvgIpc) is 2.29. The minimum atomic E-state index is 0.624. The van der Waals surface area contributed by atoms with Gasteiger partial charge in [-0.15, -0.1) is 11.8 Å². The minimum Gasteiger partial charge on any atom is -0.103 e. The molecule has 0 heteroatoms. The molecular formula is C16H22. The summed E-state index contributed by atoms with van der Waals surface area (Å²) in [4.78, 5) is 0. The highest BCUT2D eigenvalue weighted by atomic mass is 14.0. The Kier molecular flexibility index (Phi) is 5.72. The predicted octanol–water partition coefficient (Wildman–Crippen LogP) is 4.55. The highest BCUT2D eigenvalue weighted by Crippen LogP contribution is 2.15. The molecule has 0 fully saturated rings. The zero-order valence-corrected chi connectivity index (χ0v) is 10.7. The molecule has 0 saturated carbocycles. The van der Waals surface area contributed by atoms with Crippen molar-refractivity contribution in [3.63, 3.8) is 0 Å². The van der Waals surface area contributed by atoms with Crippen LogP contribution >= 0.6 is 0 Å². The summed E-state index contributed by atoms with van der Waals surface area (Å²) < 4.78 is 0. The summed E-state index contributed by atoms with van der Waals surface area (Å²) in [6, 6.07) is 8.94. The standard InChI is InChI=1S/C16H22/c1-4-5-6-7-8-9-15-10-12-16(13-11-15)14(2)3/h10-14H,4-5,8-9H2,1-3H3. The molecule has 0 radical (unpaired) electrons. The lowest BCUT2D eigenvalue weighted by molar-refractivity contribution is 0.864. The van der Waals surface area contributed by atoms with E-state index in [0.29, 0.717) is 5.92 Å². The van der Waals surface area contributed by atoms with Crippen LogP contribution in [0.25, 0.3) is 0 Å². The van der Waals surface area contributed by atoms with Gasteiger partial charge in [-0.1, -0.05) is 45.0 Å². The molecule has 1 rings (SSSR count). The lowest BCUT2D eigenvalue weighted by atomic mass is 10.0. The normalized spacial score (nSPS) is 10.0. The van der Waals surface area contributed by atoms with E-state index in [1.165, 1.54) is 11.1 Å². The summed E-state index contributed by atoms with van der Waals surface area (Å²) in [6.45, 7) is 6.62. The van der Waals surface area contributed by atoms with Gasteiger partial charge >= 0.3 is 0 Å². The monoisotopic (exact) mass is 214 g/mol. The van der Waals surface area contributed by atoms with Crippen molar-refractivity contribution in [2.45, 2.75) is 52.4 Å². The fourth-order valence-electron chi connectivity index (χ4n) is 1.58. The molecule has 0 N–H and O–H groups in total. The molecular weight excluding hydrogens is 192 g/mol. The maximum absolute atomic E-state index is 3.22. The van der Waals surface area contributed by atoms with Gasteiger partial charge in [-0.05, 0) is 29.9 Å². The third-order valence-electron chi connectivity index (χ3n) is 2.69. The van der Waals surface area contributed by atoms with Gasteiger partial charge in [0.1, 0.15) is 0 Å². The van der Waals surface area contributed by atoms with Gasteiger partial charge in [0.2, 0.25) is 0 Å². The Balaban J connectivity index is 2.41. The Morgan fingerprint density at radius 2 is 1.62 bits per heavy atom. The van der Waals surface area contributed by atoms with Gasteiger partial charge in [0.15, 0.2) is 0 Å². The zero-order valence-electron chi connectivity index (χ0n) is 10.7. The molecule has 0 saturated heterocycles. The molecule has 0 spiro atoms. The Labute approximate surface area is 100 Å². The predicted molar refractivity (Wildman–Crippen MR) is 71.5 cm³/mol. The molecule has 0 aromatic heterocycles. The second-order valence-electron chi connectivity index (χ2n) is 4.50. The fourth-order valence-corrected chi connectivity index (χ4v) is 1.58. The van der Waals surface area contributed by atoms with Crippen LogP contribution in [0.3, 0.4) is 0 Å². The molecule has 0 atom stereocenters. The van der Waals surface area contributed by atoms with E-state index in [1.807, 2.05) is 0 Å². The SMILES string of the molecule is CCCC#CCCc1ccc(C(C)C)cc1. The second kappa shape index (κ2) is 7.12. The molecule has 1 aromatic carbocycles. The van der Waals surface area contributed by atoms with Crippen LogP contribution in [-0.2, 0) is 6.42 Å². The van der Waals surface area contributed by atoms with Crippen LogP contribution in [0, 0.1) is 11.8 Å². The summed E-state index contributed by atoms with van der Waals surface area (Å²) in [5.41, 5.74) is 2.82. The maximum atomic E-state index is 3.22. The van der Waals surface area contributed by atoms with Gasteiger partial charge < -0.3 is 0 Å². The smallest absolute Gasteiger partial charge is 0.0129 e. The Morgan fingerprint density at radius 1 is 1.00 bits per heavy atom. The first kappa shape index (κ1) is 12.8. The van der Waals surface area contributed by atoms with Gasteiger partial charge in [-0.3, -0.25) is 0 Å². The van der Waals surface area contributed by atoms with E-state index in [1.54, 1.807) is 0 Å². The van der Waals surface area contributed by atoms with Crippen molar-refractivity contribution < 1.29 is 0 Å². The number of hydrogen-bond donors (Lipinski definition) is 0. The Bertz CT molecular complexity index is 346. The van der Waals surface area contributed by atoms with Crippen molar-refractivity contribution >= 4 is 0 Å². The van der Waals surface area contributed by atoms with Crippen LogP contribution in [0.4, 0.5) is 0 Å². The maximum Gasteiger partial charge on any atom is 0.0129 e. The quantitative estimate of drug-likeness (QED) is 0.645. The Morgan fingerprint density at radius 3 is 2.19 bits per heavy atom. The first-order valence-corrected chi connectivity index (χ1v) is 6.28. The van der Waals surface area contributed by atoms with E-state index in [9.17, 15) is 0 Å². The molecule has 0 aliphatic carbocycles. The summed E-state index contributed by atoms with van der Waals surface area (Å²) >= 11 is 0. The molecule has 16 heavy (non-hydrogen) atoms. The van der Waals surface area contributed by atoms with Crippen molar-refractivity contribution in [2.75, 3.05) is 0 Å². The van der Waals surface area contributed by atoms with E-state index in [4.69, 9.17) is 0 Å². The molecule has 0 aliphatic rings. The van der Waals surface area contributed by atoms with Gasteiger partial charge in [-0.2, -0.15) is 0 Å². The molecule has 0 unspecified atom stereocenters. The molecule has 0 aliphatic heterocycles. The lowest BCUT2D eigenvalue weighted by Crippen LogP contribution is -1.89. The molecule has 0 amide bonds. The van der Waals surface area contributed by atoms with Crippen LogP contribution < -0.4 is 0 Å². The molecule has 86 valence electrons. The fraction of sp³-hybridized carbons (Fsp3) is 0.500. The highest BCUT2D eigenvalue weighted by Gasteiger charge is 1.98. The van der Waals surface area contributed by atoms with E-state index in [2.05, 4.69) is 56.9 Å². The Hall–Kier alpha value is -1.22. The van der Waals surface area contributed by atoms with Crippen LogP contribution in [0.15, 0.2) is 24.3 Å². The van der Waals surface area contributed by atoms with Crippen molar-refractivity contribution in [1.82, 2.24) is 0 Å². The van der Waals surface area contributed by atoms with Crippen molar-refractivity contribution in [2.24, 2.45) is 0 Å². The molecule has 0 nitrogen and oxygen atoms in total. The highest BCUT2D eigenvalue weighted by molar-refractivity contribution is 5.25. The summed E-state index contributed by atoms with van der Waals surface area (Å²) in [6.07, 6.45) is 4.26. The third-order valence-corrected chi connectivity index (χ3v) is 2.69. The van der Waals surface area contributed by atoms with Gasteiger partial charge in [-0.25, -0.2) is 0 Å². The van der Waals surface area contributed by atoms with Crippen molar-refractivity contribution in [3.8, 4) is 11.8 Å². The zero-order chi connectivity index (χ0) is 11.8. The largest absolute Gasteiger partial charge is 0.103 e. The first-order valence-electron chi connectivity index (χ1n) is 6.28. The van der Waals surface area contributed by atoms with E-state index < -0.39 is 0 Å². The lowest BCUT2D eigenvalue weighted by Gasteiger charge is -2.05.